The molecule has 0 aromatic heterocycles. The van der Waals surface area contributed by atoms with E-state index in [9.17, 15) is 0 Å². The van der Waals surface area contributed by atoms with Crippen LogP contribution in [-0.2, 0) is 0 Å². The molecule has 0 spiro atoms. The van der Waals surface area contributed by atoms with Crippen LogP contribution in [0.3, 0.4) is 0 Å². The molecule has 0 aliphatic carbocycles. The monoisotopic (exact) mass is 446 g/mol. The van der Waals surface area contributed by atoms with Gasteiger partial charge in [0.2, 0.25) is 6.23 Å². The topological polar surface area (TPSA) is 24.8 Å². The minimum Gasteiger partial charge on any atom is -0.464 e. The minimum atomic E-state index is -0.218. The molecule has 0 N–H and O–H groups in total. The lowest BCUT2D eigenvalue weighted by atomic mass is 9.95. The van der Waals surface area contributed by atoms with Crippen LogP contribution in [0.15, 0.2) is 82.4 Å². The van der Waals surface area contributed by atoms with E-state index in [0.29, 0.717) is 5.92 Å². The summed E-state index contributed by atoms with van der Waals surface area (Å²) < 4.78 is 7.53. The van der Waals surface area contributed by atoms with Crippen molar-refractivity contribution in [3.63, 3.8) is 0 Å². The van der Waals surface area contributed by atoms with Crippen LogP contribution in [-0.4, -0.2) is 10.7 Å². The molecule has 3 nitrogen and oxygen atoms in total. The molecule has 0 saturated heterocycles. The second kappa shape index (κ2) is 7.34. The van der Waals surface area contributed by atoms with E-state index in [1.807, 2.05) is 6.07 Å². The van der Waals surface area contributed by atoms with E-state index >= 15 is 0 Å². The first-order valence-corrected chi connectivity index (χ1v) is 10.9. The average molecular weight is 447 g/mol. The second-order valence-corrected chi connectivity index (χ2v) is 8.90. The van der Waals surface area contributed by atoms with Crippen LogP contribution in [0, 0.1) is 0 Å². The van der Waals surface area contributed by atoms with Gasteiger partial charge in [-0.1, -0.05) is 84.4 Å². The van der Waals surface area contributed by atoms with Gasteiger partial charge in [-0.15, -0.1) is 0 Å². The lowest BCUT2D eigenvalue weighted by Gasteiger charge is -2.38. The van der Waals surface area contributed by atoms with Gasteiger partial charge in [-0.25, -0.2) is 5.01 Å². The Kier molecular flexibility index (Phi) is 4.67. The normalized spacial score (nSPS) is 20.1. The van der Waals surface area contributed by atoms with Crippen molar-refractivity contribution in [1.82, 2.24) is 5.01 Å². The fraction of sp³-hybridized carbons (Fsp3) is 0.240. The predicted octanol–water partition coefficient (Wildman–Crippen LogP) is 6.81. The molecule has 2 atom stereocenters. The van der Waals surface area contributed by atoms with E-state index in [1.165, 1.54) is 11.1 Å². The number of hydrogen-bond acceptors (Lipinski definition) is 3. The van der Waals surface area contributed by atoms with Crippen LogP contribution in [0.25, 0.3) is 0 Å². The molecule has 0 radical (unpaired) electrons. The van der Waals surface area contributed by atoms with Gasteiger partial charge < -0.3 is 4.74 Å². The number of hydrogen-bond donors (Lipinski definition) is 0. The zero-order valence-corrected chi connectivity index (χ0v) is 18.1. The van der Waals surface area contributed by atoms with Gasteiger partial charge in [-0.2, -0.15) is 5.10 Å². The standard InChI is InChI=1S/C25H23BrN2O/c1-16(2)17-7-9-19(10-8-17)25-28-23(21-5-3-4-6-24(21)29-25)15-22(27-28)18-11-13-20(26)14-12-18/h3-14,16,23,25H,15H2,1-2H3/t23-,25-/m1/s1. The first-order chi connectivity index (χ1) is 14.1. The van der Waals surface area contributed by atoms with Crippen LogP contribution in [0.2, 0.25) is 0 Å². The summed E-state index contributed by atoms with van der Waals surface area (Å²) in [7, 11) is 0. The summed E-state index contributed by atoms with van der Waals surface area (Å²) in [5, 5.41) is 7.18. The molecule has 5 rings (SSSR count). The third kappa shape index (κ3) is 3.36. The zero-order valence-electron chi connectivity index (χ0n) is 16.5. The summed E-state index contributed by atoms with van der Waals surface area (Å²) in [6.45, 7) is 4.43. The third-order valence-corrected chi connectivity index (χ3v) is 6.29. The highest BCUT2D eigenvalue weighted by atomic mass is 79.9. The molecule has 4 heteroatoms. The zero-order chi connectivity index (χ0) is 20.0. The quantitative estimate of drug-likeness (QED) is 0.440. The Labute approximate surface area is 180 Å². The van der Waals surface area contributed by atoms with Gasteiger partial charge in [0.25, 0.3) is 0 Å². The van der Waals surface area contributed by atoms with Crippen molar-refractivity contribution >= 4 is 21.6 Å². The fourth-order valence-electron chi connectivity index (χ4n) is 4.12. The molecule has 29 heavy (non-hydrogen) atoms. The van der Waals surface area contributed by atoms with E-state index < -0.39 is 0 Å². The van der Waals surface area contributed by atoms with Gasteiger partial charge in [-0.05, 0) is 35.2 Å². The molecule has 2 heterocycles. The number of ether oxygens (including phenoxy) is 1. The number of fused-ring (bicyclic) bond motifs is 3. The largest absolute Gasteiger partial charge is 0.464 e. The highest BCUT2D eigenvalue weighted by molar-refractivity contribution is 9.10. The number of para-hydroxylation sites is 1. The fourth-order valence-corrected chi connectivity index (χ4v) is 4.38. The summed E-state index contributed by atoms with van der Waals surface area (Å²) >= 11 is 3.52. The molecule has 2 aliphatic heterocycles. The molecule has 0 bridgehead atoms. The van der Waals surface area contributed by atoms with E-state index in [4.69, 9.17) is 9.84 Å². The van der Waals surface area contributed by atoms with Crippen LogP contribution in [0.1, 0.15) is 60.7 Å². The second-order valence-electron chi connectivity index (χ2n) is 7.98. The summed E-state index contributed by atoms with van der Waals surface area (Å²) in [6, 6.07) is 25.7. The Balaban J connectivity index is 1.55. The Hall–Kier alpha value is -2.59. The van der Waals surface area contributed by atoms with E-state index in [0.717, 1.165) is 33.5 Å². The predicted molar refractivity (Wildman–Crippen MR) is 120 cm³/mol. The lowest BCUT2D eigenvalue weighted by Crippen LogP contribution is -2.33. The van der Waals surface area contributed by atoms with Crippen molar-refractivity contribution in [2.24, 2.45) is 5.10 Å². The molecule has 3 aromatic rings. The first kappa shape index (κ1) is 18.4. The number of hydrazone groups is 1. The maximum absolute atomic E-state index is 6.45. The van der Waals surface area contributed by atoms with Gasteiger partial charge in [0.05, 0.1) is 11.8 Å². The minimum absolute atomic E-state index is 0.188. The van der Waals surface area contributed by atoms with Crippen molar-refractivity contribution in [2.45, 2.75) is 38.5 Å². The van der Waals surface area contributed by atoms with E-state index in [2.05, 4.69) is 102 Å². The number of rotatable bonds is 3. The van der Waals surface area contributed by atoms with Gasteiger partial charge in [0.1, 0.15) is 5.75 Å². The number of halogens is 1. The van der Waals surface area contributed by atoms with Crippen LogP contribution in [0.4, 0.5) is 0 Å². The summed E-state index contributed by atoms with van der Waals surface area (Å²) in [5.74, 6) is 1.47. The van der Waals surface area contributed by atoms with Gasteiger partial charge in [0.15, 0.2) is 0 Å². The molecule has 146 valence electrons. The van der Waals surface area contributed by atoms with Crippen LogP contribution < -0.4 is 4.74 Å². The van der Waals surface area contributed by atoms with Crippen molar-refractivity contribution in [2.75, 3.05) is 0 Å². The molecule has 0 amide bonds. The Morgan fingerprint density at radius 2 is 1.69 bits per heavy atom. The molecule has 0 saturated carbocycles. The third-order valence-electron chi connectivity index (χ3n) is 5.76. The lowest BCUT2D eigenvalue weighted by molar-refractivity contribution is -0.0190. The Morgan fingerprint density at radius 3 is 2.41 bits per heavy atom. The SMILES string of the molecule is CC(C)c1ccc([C@H]2Oc3ccccc3[C@H]3CC(c4ccc(Br)cc4)=NN32)cc1. The van der Waals surface area contributed by atoms with E-state index in [1.54, 1.807) is 0 Å². The van der Waals surface area contributed by atoms with Crippen LogP contribution in [0.5, 0.6) is 5.75 Å². The molecule has 3 aromatic carbocycles. The Bertz CT molecular complexity index is 1060. The summed E-state index contributed by atoms with van der Waals surface area (Å²) in [6.07, 6.45) is 0.659. The van der Waals surface area contributed by atoms with Crippen molar-refractivity contribution in [1.29, 1.82) is 0 Å². The molecule has 0 fully saturated rings. The van der Waals surface area contributed by atoms with Crippen LogP contribution >= 0.6 is 15.9 Å². The molecule has 2 aliphatic rings. The molecule has 0 unspecified atom stereocenters. The van der Waals surface area contributed by atoms with Gasteiger partial charge >= 0.3 is 0 Å². The highest BCUT2D eigenvalue weighted by Crippen LogP contribution is 2.47. The van der Waals surface area contributed by atoms with E-state index in [-0.39, 0.29) is 12.3 Å². The number of nitrogens with zero attached hydrogens (tertiary/aromatic N) is 2. The van der Waals surface area contributed by atoms with Gasteiger partial charge in [0, 0.05) is 22.0 Å². The van der Waals surface area contributed by atoms with Gasteiger partial charge in [-0.3, -0.25) is 0 Å². The summed E-state index contributed by atoms with van der Waals surface area (Å²) in [5.41, 5.74) is 5.94. The molecular formula is C25H23BrN2O. The maximum atomic E-state index is 6.45. The Morgan fingerprint density at radius 1 is 0.966 bits per heavy atom. The van der Waals surface area contributed by atoms with Crippen molar-refractivity contribution in [3.05, 3.63) is 99.5 Å². The van der Waals surface area contributed by atoms with Crippen molar-refractivity contribution < 1.29 is 4.74 Å². The summed E-state index contributed by atoms with van der Waals surface area (Å²) in [4.78, 5) is 0. The smallest absolute Gasteiger partial charge is 0.213 e. The maximum Gasteiger partial charge on any atom is 0.213 e. The molecular weight excluding hydrogens is 424 g/mol. The average Bonchev–Trinajstić information content (AvgIpc) is 3.19. The first-order valence-electron chi connectivity index (χ1n) is 10.1. The highest BCUT2D eigenvalue weighted by Gasteiger charge is 2.40. The number of benzene rings is 3. The van der Waals surface area contributed by atoms with Crippen molar-refractivity contribution in [3.8, 4) is 5.75 Å².